The van der Waals surface area contributed by atoms with Crippen molar-refractivity contribution in [3.8, 4) is 0 Å². The topological polar surface area (TPSA) is 35.2 Å². The molecule has 0 radical (unpaired) electrons. The zero-order valence-electron chi connectivity index (χ0n) is 6.30. The Balaban J connectivity index is 2.23. The van der Waals surface area contributed by atoms with Gasteiger partial charge in [0.2, 0.25) is 0 Å². The van der Waals surface area contributed by atoms with E-state index in [1.807, 2.05) is 0 Å². The number of halogens is 2. The third-order valence-electron chi connectivity index (χ3n) is 1.96. The van der Waals surface area contributed by atoms with Crippen LogP contribution in [0.1, 0.15) is 25.7 Å². The molecule has 4 heteroatoms. The van der Waals surface area contributed by atoms with Gasteiger partial charge in [-0.05, 0) is 25.7 Å². The van der Waals surface area contributed by atoms with Crippen molar-refractivity contribution in [1.29, 1.82) is 0 Å². The molecule has 1 rings (SSSR count). The zero-order valence-corrected chi connectivity index (χ0v) is 6.30. The molecule has 0 unspecified atom stereocenters. The number of alkyl halides is 2. The summed E-state index contributed by atoms with van der Waals surface area (Å²) in [5, 5.41) is 0. The Morgan fingerprint density at radius 1 is 1.36 bits per heavy atom. The van der Waals surface area contributed by atoms with Gasteiger partial charge in [-0.25, -0.2) is 0 Å². The largest absolute Gasteiger partial charge is 0.345 e. The maximum Gasteiger partial charge on any atom is 0.345 e. The maximum absolute atomic E-state index is 11.7. The van der Waals surface area contributed by atoms with E-state index in [0.29, 0.717) is 6.42 Å². The van der Waals surface area contributed by atoms with E-state index in [-0.39, 0.29) is 12.1 Å². The summed E-state index contributed by atoms with van der Waals surface area (Å²) in [4.78, 5) is 0. The second-order valence-electron chi connectivity index (χ2n) is 2.95. The van der Waals surface area contributed by atoms with Crippen molar-refractivity contribution >= 4 is 0 Å². The first-order chi connectivity index (χ1) is 5.18. The molecule has 0 saturated heterocycles. The molecule has 11 heavy (non-hydrogen) atoms. The Morgan fingerprint density at radius 3 is 2.64 bits per heavy atom. The van der Waals surface area contributed by atoms with Gasteiger partial charge in [-0.3, -0.25) is 0 Å². The molecule has 0 aliphatic heterocycles. The number of rotatable bonds is 2. The molecule has 1 saturated carbocycles. The third kappa shape index (κ3) is 3.12. The minimum atomic E-state index is -2.65. The molecule has 0 aromatic carbocycles. The Bertz CT molecular complexity index is 119. The van der Waals surface area contributed by atoms with Gasteiger partial charge in [-0.1, -0.05) is 0 Å². The average molecular weight is 165 g/mol. The van der Waals surface area contributed by atoms with Gasteiger partial charge in [0.1, 0.15) is 0 Å². The molecular weight excluding hydrogens is 152 g/mol. The predicted molar refractivity (Wildman–Crippen MR) is 37.3 cm³/mol. The van der Waals surface area contributed by atoms with Crippen molar-refractivity contribution in [2.24, 2.45) is 5.73 Å². The van der Waals surface area contributed by atoms with Crippen LogP contribution in [-0.2, 0) is 4.74 Å². The van der Waals surface area contributed by atoms with Gasteiger partial charge in [-0.2, -0.15) is 8.78 Å². The minimum Gasteiger partial charge on any atom is -0.328 e. The van der Waals surface area contributed by atoms with Gasteiger partial charge < -0.3 is 10.5 Å². The summed E-state index contributed by atoms with van der Waals surface area (Å²) in [6, 6.07) is 0.0486. The first-order valence-corrected chi connectivity index (χ1v) is 3.87. The molecule has 0 spiro atoms. The Kier molecular flexibility index (Phi) is 3.20. The molecule has 66 valence electrons. The smallest absolute Gasteiger partial charge is 0.328 e. The van der Waals surface area contributed by atoms with Gasteiger partial charge in [0.05, 0.1) is 6.10 Å². The monoisotopic (exact) mass is 165 g/mol. The molecule has 1 aliphatic carbocycles. The average Bonchev–Trinajstić information content (AvgIpc) is 1.85. The lowest BCUT2D eigenvalue weighted by molar-refractivity contribution is -0.170. The lowest BCUT2D eigenvalue weighted by Crippen LogP contribution is -2.33. The van der Waals surface area contributed by atoms with Crippen molar-refractivity contribution in [2.45, 2.75) is 44.4 Å². The van der Waals surface area contributed by atoms with Crippen LogP contribution in [0.25, 0.3) is 0 Å². The molecule has 0 bridgehead atoms. The first kappa shape index (κ1) is 8.87. The molecule has 2 nitrogen and oxygen atoms in total. The highest BCUT2D eigenvalue weighted by molar-refractivity contribution is 4.75. The Morgan fingerprint density at radius 2 is 2.09 bits per heavy atom. The lowest BCUT2D eigenvalue weighted by Gasteiger charge is -2.25. The standard InChI is InChI=1S/C7H13F2NO/c8-7(9)11-6-3-1-2-5(10)4-6/h5-7H,1-4,10H2/t5-,6+/m1/s1. The van der Waals surface area contributed by atoms with E-state index in [9.17, 15) is 8.78 Å². The fourth-order valence-corrected chi connectivity index (χ4v) is 1.45. The van der Waals surface area contributed by atoms with E-state index in [1.165, 1.54) is 0 Å². The summed E-state index contributed by atoms with van der Waals surface area (Å²) < 4.78 is 27.7. The van der Waals surface area contributed by atoms with E-state index >= 15 is 0 Å². The van der Waals surface area contributed by atoms with Gasteiger partial charge in [-0.15, -0.1) is 0 Å². The highest BCUT2D eigenvalue weighted by Gasteiger charge is 2.22. The third-order valence-corrected chi connectivity index (χ3v) is 1.96. The van der Waals surface area contributed by atoms with Crippen LogP contribution in [0, 0.1) is 0 Å². The van der Waals surface area contributed by atoms with Crippen LogP contribution in [0.5, 0.6) is 0 Å². The van der Waals surface area contributed by atoms with Crippen LogP contribution < -0.4 is 5.73 Å². The van der Waals surface area contributed by atoms with Crippen molar-refractivity contribution in [1.82, 2.24) is 0 Å². The number of ether oxygens (including phenoxy) is 1. The van der Waals surface area contributed by atoms with Crippen LogP contribution in [0.3, 0.4) is 0 Å². The fourth-order valence-electron chi connectivity index (χ4n) is 1.45. The van der Waals surface area contributed by atoms with Crippen molar-refractivity contribution < 1.29 is 13.5 Å². The Labute approximate surface area is 64.7 Å². The number of hydrogen-bond acceptors (Lipinski definition) is 2. The highest BCUT2D eigenvalue weighted by atomic mass is 19.3. The van der Waals surface area contributed by atoms with Crippen molar-refractivity contribution in [2.75, 3.05) is 0 Å². The first-order valence-electron chi connectivity index (χ1n) is 3.87. The van der Waals surface area contributed by atoms with E-state index in [2.05, 4.69) is 4.74 Å². The molecule has 2 atom stereocenters. The molecule has 0 aromatic heterocycles. The van der Waals surface area contributed by atoms with Crippen LogP contribution in [0.2, 0.25) is 0 Å². The maximum atomic E-state index is 11.7. The summed E-state index contributed by atoms with van der Waals surface area (Å²) in [6.45, 7) is -2.65. The molecule has 1 aliphatic rings. The van der Waals surface area contributed by atoms with E-state index in [0.717, 1.165) is 19.3 Å². The van der Waals surface area contributed by atoms with Crippen LogP contribution in [0.4, 0.5) is 8.78 Å². The van der Waals surface area contributed by atoms with Crippen molar-refractivity contribution in [3.05, 3.63) is 0 Å². The predicted octanol–water partition coefficient (Wildman–Crippen LogP) is 1.50. The van der Waals surface area contributed by atoms with E-state index in [1.54, 1.807) is 0 Å². The van der Waals surface area contributed by atoms with E-state index < -0.39 is 6.61 Å². The SMILES string of the molecule is N[C@@H]1CCC[C@H](OC(F)F)C1. The normalized spacial score (nSPS) is 32.7. The van der Waals surface area contributed by atoms with Crippen molar-refractivity contribution in [3.63, 3.8) is 0 Å². The molecule has 0 aromatic rings. The summed E-state index contributed by atoms with van der Waals surface area (Å²) in [6.07, 6.45) is 2.81. The molecule has 1 fully saturated rings. The minimum absolute atomic E-state index is 0.0486. The van der Waals surface area contributed by atoms with E-state index in [4.69, 9.17) is 5.73 Å². The molecule has 0 amide bonds. The van der Waals surface area contributed by atoms with Crippen LogP contribution in [0.15, 0.2) is 0 Å². The number of nitrogens with two attached hydrogens (primary N) is 1. The Hall–Kier alpha value is -0.220. The van der Waals surface area contributed by atoms with Gasteiger partial charge >= 0.3 is 6.61 Å². The molecular formula is C7H13F2NO. The zero-order chi connectivity index (χ0) is 8.27. The number of hydrogen-bond donors (Lipinski definition) is 1. The van der Waals surface area contributed by atoms with Crippen LogP contribution >= 0.6 is 0 Å². The quantitative estimate of drug-likeness (QED) is 0.672. The lowest BCUT2D eigenvalue weighted by atomic mass is 9.94. The van der Waals surface area contributed by atoms with Gasteiger partial charge in [0.25, 0.3) is 0 Å². The molecule has 2 N–H and O–H groups in total. The summed E-state index contributed by atoms with van der Waals surface area (Å²) in [5.41, 5.74) is 5.58. The summed E-state index contributed by atoms with van der Waals surface area (Å²) in [7, 11) is 0. The van der Waals surface area contributed by atoms with Gasteiger partial charge in [0.15, 0.2) is 0 Å². The summed E-state index contributed by atoms with van der Waals surface area (Å²) in [5.74, 6) is 0. The van der Waals surface area contributed by atoms with Gasteiger partial charge in [0, 0.05) is 6.04 Å². The second kappa shape index (κ2) is 3.97. The summed E-state index contributed by atoms with van der Waals surface area (Å²) >= 11 is 0. The fraction of sp³-hybridized carbons (Fsp3) is 1.00. The van der Waals surface area contributed by atoms with Crippen LogP contribution in [-0.4, -0.2) is 18.8 Å². The second-order valence-corrected chi connectivity index (χ2v) is 2.95. The molecule has 0 heterocycles. The highest BCUT2D eigenvalue weighted by Crippen LogP contribution is 2.21.